The third-order valence-corrected chi connectivity index (χ3v) is 2.18. The lowest BCUT2D eigenvalue weighted by Crippen LogP contribution is -2.59. The van der Waals surface area contributed by atoms with Gasteiger partial charge in [-0.15, -0.1) is 6.42 Å². The van der Waals surface area contributed by atoms with Crippen LogP contribution in [0.1, 0.15) is 0 Å². The Labute approximate surface area is 87.1 Å². The van der Waals surface area contributed by atoms with Gasteiger partial charge in [0.25, 0.3) is 0 Å². The molecule has 1 aliphatic heterocycles. The van der Waals surface area contributed by atoms with Crippen LogP contribution in [0, 0.1) is 12.3 Å². The van der Waals surface area contributed by atoms with E-state index in [0.29, 0.717) is 0 Å². The van der Waals surface area contributed by atoms with Gasteiger partial charge >= 0.3 is 0 Å². The van der Waals surface area contributed by atoms with E-state index in [2.05, 4.69) is 5.92 Å². The van der Waals surface area contributed by atoms with E-state index in [-0.39, 0.29) is 6.61 Å². The summed E-state index contributed by atoms with van der Waals surface area (Å²) in [6.07, 6.45) is -1.36. The van der Waals surface area contributed by atoms with Crippen molar-refractivity contribution in [1.29, 1.82) is 0 Å². The van der Waals surface area contributed by atoms with Crippen LogP contribution in [-0.2, 0) is 9.47 Å². The molecule has 0 radical (unpaired) electrons. The molecule has 0 amide bonds. The molecule has 0 aromatic heterocycles. The van der Waals surface area contributed by atoms with Gasteiger partial charge in [0, 0.05) is 0 Å². The van der Waals surface area contributed by atoms with Crippen molar-refractivity contribution in [3.8, 4) is 12.3 Å². The minimum absolute atomic E-state index is 0.0946. The summed E-state index contributed by atoms with van der Waals surface area (Å²) in [6, 6.07) is 0. The third-order valence-electron chi connectivity index (χ3n) is 2.18. The van der Waals surface area contributed by atoms with Gasteiger partial charge in [-0.2, -0.15) is 0 Å². The first-order chi connectivity index (χ1) is 7.11. The first-order valence-corrected chi connectivity index (χ1v) is 4.47. The van der Waals surface area contributed by atoms with E-state index in [1.54, 1.807) is 0 Å². The van der Waals surface area contributed by atoms with E-state index >= 15 is 0 Å². The van der Waals surface area contributed by atoms with Crippen molar-refractivity contribution in [2.45, 2.75) is 30.7 Å². The van der Waals surface area contributed by atoms with Crippen LogP contribution in [0.25, 0.3) is 0 Å². The molecule has 86 valence electrons. The predicted molar refractivity (Wildman–Crippen MR) is 48.6 cm³/mol. The van der Waals surface area contributed by atoms with Crippen LogP contribution in [0.4, 0.5) is 0 Å². The van der Waals surface area contributed by atoms with Gasteiger partial charge in [-0.3, -0.25) is 0 Å². The van der Waals surface area contributed by atoms with Crippen molar-refractivity contribution in [2.24, 2.45) is 0 Å². The molecule has 6 nitrogen and oxygen atoms in total. The van der Waals surface area contributed by atoms with E-state index in [1.807, 2.05) is 0 Å². The van der Waals surface area contributed by atoms with Crippen LogP contribution in [0.2, 0.25) is 0 Å². The maximum absolute atomic E-state index is 9.44. The second-order valence-corrected chi connectivity index (χ2v) is 3.21. The average molecular weight is 218 g/mol. The lowest BCUT2D eigenvalue weighted by Gasteiger charge is -2.39. The van der Waals surface area contributed by atoms with Crippen molar-refractivity contribution in [2.75, 3.05) is 13.2 Å². The van der Waals surface area contributed by atoms with Gasteiger partial charge in [0.15, 0.2) is 6.29 Å². The molecule has 15 heavy (non-hydrogen) atoms. The van der Waals surface area contributed by atoms with Crippen LogP contribution in [0.3, 0.4) is 0 Å². The second-order valence-electron chi connectivity index (χ2n) is 3.21. The molecule has 5 atom stereocenters. The van der Waals surface area contributed by atoms with Crippen LogP contribution >= 0.6 is 0 Å². The van der Waals surface area contributed by atoms with E-state index in [1.165, 1.54) is 0 Å². The van der Waals surface area contributed by atoms with Gasteiger partial charge in [-0.05, 0) is 0 Å². The smallest absolute Gasteiger partial charge is 0.187 e. The summed E-state index contributed by atoms with van der Waals surface area (Å²) in [5, 5.41) is 37.0. The number of rotatable bonds is 3. The topological polar surface area (TPSA) is 99.4 Å². The van der Waals surface area contributed by atoms with Crippen LogP contribution < -0.4 is 0 Å². The molecule has 0 aromatic carbocycles. The highest BCUT2D eigenvalue weighted by atomic mass is 16.7. The normalized spacial score (nSPS) is 41.1. The zero-order valence-corrected chi connectivity index (χ0v) is 7.98. The zero-order chi connectivity index (χ0) is 11.4. The minimum atomic E-state index is -1.43. The first-order valence-electron chi connectivity index (χ1n) is 4.47. The Morgan fingerprint density at radius 1 is 1.20 bits per heavy atom. The van der Waals surface area contributed by atoms with Crippen molar-refractivity contribution in [3.05, 3.63) is 0 Å². The Kier molecular flexibility index (Phi) is 4.47. The van der Waals surface area contributed by atoms with Gasteiger partial charge in [0.1, 0.15) is 31.0 Å². The summed E-state index contributed by atoms with van der Waals surface area (Å²) >= 11 is 0. The molecule has 1 saturated heterocycles. The Morgan fingerprint density at radius 3 is 2.40 bits per heavy atom. The quantitative estimate of drug-likeness (QED) is 0.389. The fourth-order valence-corrected chi connectivity index (χ4v) is 1.34. The van der Waals surface area contributed by atoms with E-state index in [4.69, 9.17) is 21.0 Å². The van der Waals surface area contributed by atoms with Gasteiger partial charge in [-0.1, -0.05) is 5.92 Å². The number of terminal acetylenes is 1. The van der Waals surface area contributed by atoms with Gasteiger partial charge in [0.05, 0.1) is 6.61 Å². The van der Waals surface area contributed by atoms with E-state index in [0.717, 1.165) is 0 Å². The lowest BCUT2D eigenvalue weighted by molar-refractivity contribution is -0.298. The first kappa shape index (κ1) is 12.4. The summed E-state index contributed by atoms with van der Waals surface area (Å²) in [5.74, 6) is 2.17. The highest BCUT2D eigenvalue weighted by molar-refractivity contribution is 4.90. The monoisotopic (exact) mass is 218 g/mol. The summed E-state index contributed by atoms with van der Waals surface area (Å²) in [6.45, 7) is -0.580. The standard InChI is InChI=1S/C9H14O6/c1-2-3-14-9-8(13)7(12)6(11)5(4-10)15-9/h1,5-13H,3-4H2/t5?,6-,7+,8+,9+/m1/s1. The van der Waals surface area contributed by atoms with E-state index in [9.17, 15) is 15.3 Å². The molecule has 0 aromatic rings. The highest BCUT2D eigenvalue weighted by Crippen LogP contribution is 2.21. The number of aliphatic hydroxyl groups excluding tert-OH is 4. The zero-order valence-electron chi connectivity index (χ0n) is 7.98. The largest absolute Gasteiger partial charge is 0.394 e. The minimum Gasteiger partial charge on any atom is -0.394 e. The van der Waals surface area contributed by atoms with E-state index < -0.39 is 37.3 Å². The molecule has 0 bridgehead atoms. The Hall–Kier alpha value is -0.680. The summed E-state index contributed by atoms with van der Waals surface area (Å²) in [7, 11) is 0. The fourth-order valence-electron chi connectivity index (χ4n) is 1.34. The van der Waals surface area contributed by atoms with Crippen LogP contribution in [0.5, 0.6) is 0 Å². The molecule has 0 saturated carbocycles. The van der Waals surface area contributed by atoms with Gasteiger partial charge in [-0.25, -0.2) is 0 Å². The molecule has 1 rings (SSSR count). The Balaban J connectivity index is 2.62. The Morgan fingerprint density at radius 2 is 1.87 bits per heavy atom. The number of hydrogen-bond acceptors (Lipinski definition) is 6. The predicted octanol–water partition coefficient (Wildman–Crippen LogP) is -2.56. The molecule has 1 aliphatic rings. The molecule has 1 heterocycles. The van der Waals surface area contributed by atoms with Gasteiger partial charge < -0.3 is 29.9 Å². The second kappa shape index (κ2) is 5.42. The molecule has 1 fully saturated rings. The van der Waals surface area contributed by atoms with Crippen molar-refractivity contribution in [3.63, 3.8) is 0 Å². The van der Waals surface area contributed by atoms with Crippen molar-refractivity contribution >= 4 is 0 Å². The number of ether oxygens (including phenoxy) is 2. The summed E-state index contributed by atoms with van der Waals surface area (Å²) < 4.78 is 9.91. The Bertz CT molecular complexity index is 235. The summed E-state index contributed by atoms with van der Waals surface area (Å²) in [4.78, 5) is 0. The molecule has 0 spiro atoms. The van der Waals surface area contributed by atoms with Crippen LogP contribution in [0.15, 0.2) is 0 Å². The maximum Gasteiger partial charge on any atom is 0.187 e. The number of hydrogen-bond donors (Lipinski definition) is 4. The van der Waals surface area contributed by atoms with Gasteiger partial charge in [0.2, 0.25) is 0 Å². The average Bonchev–Trinajstić information content (AvgIpc) is 2.25. The molecule has 1 unspecified atom stereocenters. The van der Waals surface area contributed by atoms with Crippen LogP contribution in [-0.4, -0.2) is 64.3 Å². The maximum atomic E-state index is 9.44. The third kappa shape index (κ3) is 2.66. The summed E-state index contributed by atoms with van der Waals surface area (Å²) in [5.41, 5.74) is 0. The lowest BCUT2D eigenvalue weighted by atomic mass is 9.99. The molecule has 4 N–H and O–H groups in total. The molecule has 6 heteroatoms. The highest BCUT2D eigenvalue weighted by Gasteiger charge is 2.43. The SMILES string of the molecule is C#CCO[C@H]1OC(CO)[C@@H](O)[C@H](O)[C@@H]1O. The molecular formula is C9H14O6. The number of aliphatic hydroxyl groups is 4. The fraction of sp³-hybridized carbons (Fsp3) is 0.778. The van der Waals surface area contributed by atoms with Crippen molar-refractivity contribution < 1.29 is 29.9 Å². The molecule has 0 aliphatic carbocycles. The van der Waals surface area contributed by atoms with Crippen molar-refractivity contribution in [1.82, 2.24) is 0 Å². The molecular weight excluding hydrogens is 204 g/mol.